The normalized spacial score (nSPS) is 25.0. The molecule has 1 aromatic rings. The first-order chi connectivity index (χ1) is 5.91. The van der Waals surface area contributed by atoms with Gasteiger partial charge in [-0.1, -0.05) is 0 Å². The smallest absolute Gasteiger partial charge is 0.110 e. The Kier molecular flexibility index (Phi) is 1.15. The molecular weight excluding hydrogens is 154 g/mol. The van der Waals surface area contributed by atoms with Crippen molar-refractivity contribution in [3.8, 4) is 0 Å². The number of H-pyrrole nitrogens is 1. The Balaban J connectivity index is 2.09. The number of nitrogens with one attached hydrogen (secondary N) is 2. The first kappa shape index (κ1) is 6.62. The van der Waals surface area contributed by atoms with E-state index in [1.54, 1.807) is 6.33 Å². The standard InChI is InChI=1S/C8H11N3O/c1-2-11-8(3-12-4-8)7-6(1)9-5-10-7/h5,11H,1-4H2,(H,9,10). The van der Waals surface area contributed by atoms with E-state index < -0.39 is 0 Å². The largest absolute Gasteiger partial charge is 0.377 e. The topological polar surface area (TPSA) is 49.9 Å². The highest BCUT2D eigenvalue weighted by Crippen LogP contribution is 2.32. The summed E-state index contributed by atoms with van der Waals surface area (Å²) < 4.78 is 5.23. The van der Waals surface area contributed by atoms with E-state index in [4.69, 9.17) is 4.74 Å². The second-order valence-electron chi connectivity index (χ2n) is 3.48. The molecule has 3 rings (SSSR count). The quantitative estimate of drug-likeness (QED) is 0.559. The van der Waals surface area contributed by atoms with Gasteiger partial charge < -0.3 is 15.0 Å². The van der Waals surface area contributed by atoms with Crippen LogP contribution in [0.15, 0.2) is 6.33 Å². The fraction of sp³-hybridized carbons (Fsp3) is 0.625. The van der Waals surface area contributed by atoms with Crippen LogP contribution in [0.5, 0.6) is 0 Å². The molecule has 1 fully saturated rings. The van der Waals surface area contributed by atoms with E-state index in [9.17, 15) is 0 Å². The van der Waals surface area contributed by atoms with Crippen molar-refractivity contribution >= 4 is 0 Å². The fourth-order valence-corrected chi connectivity index (χ4v) is 1.98. The second kappa shape index (κ2) is 2.08. The van der Waals surface area contributed by atoms with Gasteiger partial charge in [-0.05, 0) is 0 Å². The summed E-state index contributed by atoms with van der Waals surface area (Å²) in [4.78, 5) is 7.51. The van der Waals surface area contributed by atoms with Crippen LogP contribution in [0, 0.1) is 0 Å². The first-order valence-corrected chi connectivity index (χ1v) is 4.26. The Hall–Kier alpha value is -0.870. The Morgan fingerprint density at radius 3 is 3.17 bits per heavy atom. The van der Waals surface area contributed by atoms with Crippen molar-refractivity contribution in [2.75, 3.05) is 19.8 Å². The van der Waals surface area contributed by atoms with Gasteiger partial charge in [0, 0.05) is 18.7 Å². The molecule has 2 aliphatic rings. The van der Waals surface area contributed by atoms with Crippen LogP contribution in [-0.2, 0) is 16.7 Å². The van der Waals surface area contributed by atoms with Gasteiger partial charge in [-0.2, -0.15) is 0 Å². The van der Waals surface area contributed by atoms with E-state index in [0.717, 1.165) is 26.2 Å². The van der Waals surface area contributed by atoms with Gasteiger partial charge in [0.15, 0.2) is 0 Å². The van der Waals surface area contributed by atoms with Crippen LogP contribution in [0.4, 0.5) is 0 Å². The van der Waals surface area contributed by atoms with Crippen LogP contribution in [0.1, 0.15) is 11.4 Å². The Morgan fingerprint density at radius 2 is 2.42 bits per heavy atom. The molecule has 1 spiro atoms. The van der Waals surface area contributed by atoms with Crippen molar-refractivity contribution in [1.82, 2.24) is 15.3 Å². The maximum atomic E-state index is 5.23. The third-order valence-corrected chi connectivity index (χ3v) is 2.71. The predicted molar refractivity (Wildman–Crippen MR) is 42.8 cm³/mol. The molecule has 1 aromatic heterocycles. The lowest BCUT2D eigenvalue weighted by Gasteiger charge is -2.43. The van der Waals surface area contributed by atoms with Crippen LogP contribution in [0.3, 0.4) is 0 Å². The summed E-state index contributed by atoms with van der Waals surface area (Å²) in [5, 5.41) is 3.47. The highest BCUT2D eigenvalue weighted by molar-refractivity contribution is 5.27. The van der Waals surface area contributed by atoms with Gasteiger partial charge in [-0.3, -0.25) is 0 Å². The lowest BCUT2D eigenvalue weighted by Crippen LogP contribution is -2.60. The number of nitrogens with zero attached hydrogens (tertiary/aromatic N) is 1. The average molecular weight is 165 g/mol. The molecule has 4 heteroatoms. The molecule has 0 saturated carbocycles. The van der Waals surface area contributed by atoms with Crippen molar-refractivity contribution in [2.45, 2.75) is 12.0 Å². The summed E-state index contributed by atoms with van der Waals surface area (Å²) in [6, 6.07) is 0. The van der Waals surface area contributed by atoms with Crippen LogP contribution in [0.2, 0.25) is 0 Å². The Bertz CT molecular complexity index is 303. The summed E-state index contributed by atoms with van der Waals surface area (Å²) >= 11 is 0. The van der Waals surface area contributed by atoms with Gasteiger partial charge in [-0.25, -0.2) is 4.98 Å². The van der Waals surface area contributed by atoms with Crippen molar-refractivity contribution in [2.24, 2.45) is 0 Å². The van der Waals surface area contributed by atoms with Crippen molar-refractivity contribution in [1.29, 1.82) is 0 Å². The molecule has 2 aliphatic heterocycles. The minimum atomic E-state index is 0.0492. The average Bonchev–Trinajstić information content (AvgIpc) is 2.47. The van der Waals surface area contributed by atoms with E-state index in [2.05, 4.69) is 15.3 Å². The zero-order valence-corrected chi connectivity index (χ0v) is 6.76. The minimum absolute atomic E-state index is 0.0492. The minimum Gasteiger partial charge on any atom is -0.377 e. The van der Waals surface area contributed by atoms with E-state index >= 15 is 0 Å². The molecule has 0 bridgehead atoms. The zero-order valence-electron chi connectivity index (χ0n) is 6.76. The summed E-state index contributed by atoms with van der Waals surface area (Å²) in [7, 11) is 0. The monoisotopic (exact) mass is 165 g/mol. The first-order valence-electron chi connectivity index (χ1n) is 4.26. The predicted octanol–water partition coefficient (Wildman–Crippen LogP) is -0.219. The molecule has 0 aromatic carbocycles. The van der Waals surface area contributed by atoms with Gasteiger partial charge in [-0.15, -0.1) is 0 Å². The SMILES string of the molecule is c1nc2c([nH]1)CCNC21COC1. The van der Waals surface area contributed by atoms with Gasteiger partial charge in [0.05, 0.1) is 25.2 Å². The van der Waals surface area contributed by atoms with Crippen molar-refractivity contribution in [3.05, 3.63) is 17.7 Å². The highest BCUT2D eigenvalue weighted by atomic mass is 16.5. The Labute approximate surface area is 70.3 Å². The summed E-state index contributed by atoms with van der Waals surface area (Å²) in [5.74, 6) is 0. The molecule has 3 heterocycles. The molecule has 2 N–H and O–H groups in total. The van der Waals surface area contributed by atoms with Gasteiger partial charge in [0.25, 0.3) is 0 Å². The number of ether oxygens (including phenoxy) is 1. The molecule has 4 nitrogen and oxygen atoms in total. The molecule has 0 amide bonds. The molecule has 0 radical (unpaired) electrons. The van der Waals surface area contributed by atoms with E-state index in [-0.39, 0.29) is 5.54 Å². The second-order valence-corrected chi connectivity index (χ2v) is 3.48. The fourth-order valence-electron chi connectivity index (χ4n) is 1.98. The lowest BCUT2D eigenvalue weighted by molar-refractivity contribution is -0.0835. The third kappa shape index (κ3) is 0.665. The maximum Gasteiger partial charge on any atom is 0.110 e. The van der Waals surface area contributed by atoms with Crippen LogP contribution in [0.25, 0.3) is 0 Å². The summed E-state index contributed by atoms with van der Waals surface area (Å²) in [5.41, 5.74) is 2.49. The number of aromatic amines is 1. The number of fused-ring (bicyclic) bond motifs is 2. The van der Waals surface area contributed by atoms with Crippen LogP contribution < -0.4 is 5.32 Å². The zero-order chi connectivity index (χ0) is 8.02. The molecule has 0 aliphatic carbocycles. The number of hydrogen-bond acceptors (Lipinski definition) is 3. The highest BCUT2D eigenvalue weighted by Gasteiger charge is 2.45. The van der Waals surface area contributed by atoms with Crippen LogP contribution in [-0.4, -0.2) is 29.7 Å². The number of hydrogen-bond donors (Lipinski definition) is 2. The summed E-state index contributed by atoms with van der Waals surface area (Å²) in [6.45, 7) is 2.56. The van der Waals surface area contributed by atoms with Crippen LogP contribution >= 0.6 is 0 Å². The maximum absolute atomic E-state index is 5.23. The van der Waals surface area contributed by atoms with Crippen molar-refractivity contribution in [3.63, 3.8) is 0 Å². The number of aromatic nitrogens is 2. The van der Waals surface area contributed by atoms with Gasteiger partial charge in [0.2, 0.25) is 0 Å². The van der Waals surface area contributed by atoms with Gasteiger partial charge in [0.1, 0.15) is 5.54 Å². The van der Waals surface area contributed by atoms with E-state index in [0.29, 0.717) is 0 Å². The summed E-state index contributed by atoms with van der Waals surface area (Å²) in [6.07, 6.45) is 2.83. The molecular formula is C8H11N3O. The molecule has 12 heavy (non-hydrogen) atoms. The Morgan fingerprint density at radius 1 is 1.50 bits per heavy atom. The van der Waals surface area contributed by atoms with Gasteiger partial charge >= 0.3 is 0 Å². The van der Waals surface area contributed by atoms with E-state index in [1.807, 2.05) is 0 Å². The van der Waals surface area contributed by atoms with E-state index in [1.165, 1.54) is 11.4 Å². The lowest BCUT2D eigenvalue weighted by atomic mass is 9.88. The molecule has 1 saturated heterocycles. The van der Waals surface area contributed by atoms with Crippen molar-refractivity contribution < 1.29 is 4.74 Å². The number of rotatable bonds is 0. The third-order valence-electron chi connectivity index (χ3n) is 2.71. The molecule has 0 atom stereocenters. The molecule has 64 valence electrons. The number of imidazole rings is 1. The molecule has 0 unspecified atom stereocenters.